The fraction of sp³-hybridized carbons (Fsp3) is 0.333. The van der Waals surface area contributed by atoms with Crippen molar-refractivity contribution in [3.63, 3.8) is 0 Å². The second kappa shape index (κ2) is 6.82. The van der Waals surface area contributed by atoms with Crippen LogP contribution in [-0.4, -0.2) is 36.4 Å². The van der Waals surface area contributed by atoms with Gasteiger partial charge in [-0.15, -0.1) is 0 Å². The number of hydrogen-bond donors (Lipinski definition) is 1. The van der Waals surface area contributed by atoms with Crippen molar-refractivity contribution in [3.8, 4) is 0 Å². The lowest BCUT2D eigenvalue weighted by Gasteiger charge is -2.10. The van der Waals surface area contributed by atoms with E-state index in [0.29, 0.717) is 12.1 Å². The largest absolute Gasteiger partial charge is 0.438 e. The summed E-state index contributed by atoms with van der Waals surface area (Å²) in [7, 11) is 3.93. The van der Waals surface area contributed by atoms with E-state index in [9.17, 15) is 18.0 Å². The number of carbonyl (C=O) groups is 1. The summed E-state index contributed by atoms with van der Waals surface area (Å²) in [4.78, 5) is 17.0. The lowest BCUT2D eigenvalue weighted by atomic mass is 10.1. The van der Waals surface area contributed by atoms with Crippen LogP contribution in [0.1, 0.15) is 21.8 Å². The Hall–Kier alpha value is -2.35. The Kier molecular flexibility index (Phi) is 5.05. The first-order valence-electron chi connectivity index (χ1n) is 6.83. The third-order valence-electron chi connectivity index (χ3n) is 3.10. The van der Waals surface area contributed by atoms with Gasteiger partial charge in [0.1, 0.15) is 0 Å². The highest BCUT2D eigenvalue weighted by Crippen LogP contribution is 2.31. The van der Waals surface area contributed by atoms with Crippen molar-refractivity contribution in [2.75, 3.05) is 26.0 Å². The molecule has 0 bridgehead atoms. The summed E-state index contributed by atoms with van der Waals surface area (Å²) in [6, 6.07) is 6.88. The van der Waals surface area contributed by atoms with Gasteiger partial charge in [-0.05, 0) is 38.2 Å². The van der Waals surface area contributed by atoms with Crippen LogP contribution in [-0.2, 0) is 12.6 Å². The summed E-state index contributed by atoms with van der Waals surface area (Å²) in [6.45, 7) is 0.874. The van der Waals surface area contributed by atoms with Crippen LogP contribution in [0.15, 0.2) is 35.1 Å². The first-order chi connectivity index (χ1) is 10.8. The number of nitrogens with zero attached hydrogens (tertiary/aromatic N) is 2. The molecule has 0 spiro atoms. The molecular formula is C15H16F3N3O2. The van der Waals surface area contributed by atoms with Crippen molar-refractivity contribution in [1.29, 1.82) is 0 Å². The summed E-state index contributed by atoms with van der Waals surface area (Å²) >= 11 is 0. The molecule has 0 unspecified atom stereocenters. The summed E-state index contributed by atoms with van der Waals surface area (Å²) in [5.41, 5.74) is 0.109. The molecule has 0 radical (unpaired) electrons. The number of anilines is 1. The molecule has 5 nitrogen and oxygen atoms in total. The van der Waals surface area contributed by atoms with Gasteiger partial charge >= 0.3 is 6.18 Å². The van der Waals surface area contributed by atoms with Crippen molar-refractivity contribution in [1.82, 2.24) is 9.88 Å². The molecule has 0 aliphatic heterocycles. The molecule has 2 rings (SSSR count). The lowest BCUT2D eigenvalue weighted by Crippen LogP contribution is -2.18. The number of carbonyl (C=O) groups excluding carboxylic acids is 1. The normalized spacial score (nSPS) is 11.7. The predicted molar refractivity (Wildman–Crippen MR) is 78.2 cm³/mol. The average molecular weight is 327 g/mol. The zero-order valence-corrected chi connectivity index (χ0v) is 12.6. The number of amides is 1. The number of aromatic nitrogens is 1. The number of nitrogens with one attached hydrogen (secondary N) is 1. The fourth-order valence-electron chi connectivity index (χ4n) is 1.90. The number of halogens is 3. The molecule has 1 heterocycles. The summed E-state index contributed by atoms with van der Waals surface area (Å²) in [5, 5.41) is 2.37. The Bertz CT molecular complexity index is 663. The highest BCUT2D eigenvalue weighted by molar-refractivity contribution is 6.03. The number of hydrogen-bond acceptors (Lipinski definition) is 4. The quantitative estimate of drug-likeness (QED) is 0.917. The fourth-order valence-corrected chi connectivity index (χ4v) is 1.90. The van der Waals surface area contributed by atoms with E-state index in [1.54, 1.807) is 12.1 Å². The standard InChI is InChI=1S/C15H16F3N3O2/c1-21(2)8-7-10-3-5-11(6-4-10)20-14(22)12-13(15(16,17)18)19-9-23-12/h3-6,9H,7-8H2,1-2H3,(H,20,22). The number of benzene rings is 1. The molecular weight excluding hydrogens is 311 g/mol. The highest BCUT2D eigenvalue weighted by atomic mass is 19.4. The molecule has 8 heteroatoms. The van der Waals surface area contributed by atoms with E-state index in [1.165, 1.54) is 0 Å². The van der Waals surface area contributed by atoms with Crippen LogP contribution < -0.4 is 5.32 Å². The van der Waals surface area contributed by atoms with Gasteiger partial charge in [0.2, 0.25) is 5.76 Å². The molecule has 1 amide bonds. The molecule has 1 N–H and O–H groups in total. The Morgan fingerprint density at radius 1 is 1.26 bits per heavy atom. The van der Waals surface area contributed by atoms with Gasteiger partial charge in [-0.25, -0.2) is 4.98 Å². The van der Waals surface area contributed by atoms with E-state index in [2.05, 4.69) is 14.7 Å². The van der Waals surface area contributed by atoms with E-state index >= 15 is 0 Å². The van der Waals surface area contributed by atoms with Crippen molar-refractivity contribution in [3.05, 3.63) is 47.7 Å². The van der Waals surface area contributed by atoms with E-state index in [-0.39, 0.29) is 0 Å². The Morgan fingerprint density at radius 3 is 2.48 bits per heavy atom. The van der Waals surface area contributed by atoms with Crippen LogP contribution in [0.25, 0.3) is 0 Å². The van der Waals surface area contributed by atoms with Crippen LogP contribution in [0, 0.1) is 0 Å². The molecule has 0 aliphatic carbocycles. The minimum atomic E-state index is -4.74. The number of alkyl halides is 3. The Morgan fingerprint density at radius 2 is 1.91 bits per heavy atom. The highest BCUT2D eigenvalue weighted by Gasteiger charge is 2.39. The molecule has 2 aromatic rings. The van der Waals surface area contributed by atoms with Gasteiger partial charge in [0.15, 0.2) is 12.1 Å². The SMILES string of the molecule is CN(C)CCc1ccc(NC(=O)c2ocnc2C(F)(F)F)cc1. The van der Waals surface area contributed by atoms with Gasteiger partial charge in [-0.2, -0.15) is 13.2 Å². The van der Waals surface area contributed by atoms with Gasteiger partial charge < -0.3 is 14.6 Å². The maximum atomic E-state index is 12.7. The van der Waals surface area contributed by atoms with Crippen LogP contribution in [0.5, 0.6) is 0 Å². The van der Waals surface area contributed by atoms with Crippen LogP contribution in [0.2, 0.25) is 0 Å². The van der Waals surface area contributed by atoms with Gasteiger partial charge in [-0.1, -0.05) is 12.1 Å². The van der Waals surface area contributed by atoms with Crippen LogP contribution >= 0.6 is 0 Å². The first-order valence-corrected chi connectivity index (χ1v) is 6.83. The molecule has 0 atom stereocenters. The zero-order chi connectivity index (χ0) is 17.0. The average Bonchev–Trinajstić information content (AvgIpc) is 2.96. The maximum absolute atomic E-state index is 12.7. The van der Waals surface area contributed by atoms with Crippen LogP contribution in [0.4, 0.5) is 18.9 Å². The molecule has 124 valence electrons. The third kappa shape index (κ3) is 4.56. The molecule has 0 fully saturated rings. The third-order valence-corrected chi connectivity index (χ3v) is 3.10. The molecule has 0 aliphatic rings. The Labute approximate surface area is 131 Å². The van der Waals surface area contributed by atoms with E-state index in [0.717, 1.165) is 18.5 Å². The lowest BCUT2D eigenvalue weighted by molar-refractivity contribution is -0.141. The van der Waals surface area contributed by atoms with E-state index in [1.807, 2.05) is 31.1 Å². The summed E-state index contributed by atoms with van der Waals surface area (Å²) < 4.78 is 42.6. The van der Waals surface area contributed by atoms with Crippen molar-refractivity contribution in [2.45, 2.75) is 12.6 Å². The van der Waals surface area contributed by atoms with Gasteiger partial charge in [-0.3, -0.25) is 4.79 Å². The first kappa shape index (κ1) is 17.0. The van der Waals surface area contributed by atoms with Gasteiger partial charge in [0, 0.05) is 12.2 Å². The van der Waals surface area contributed by atoms with E-state index < -0.39 is 23.5 Å². The Balaban J connectivity index is 2.05. The second-order valence-electron chi connectivity index (χ2n) is 5.23. The van der Waals surface area contributed by atoms with Gasteiger partial charge in [0.25, 0.3) is 5.91 Å². The number of oxazole rings is 1. The zero-order valence-electron chi connectivity index (χ0n) is 12.6. The smallest absolute Gasteiger partial charge is 0.437 e. The number of rotatable bonds is 5. The minimum absolute atomic E-state index is 0.383. The molecule has 0 saturated carbocycles. The van der Waals surface area contributed by atoms with Crippen molar-refractivity contribution >= 4 is 11.6 Å². The van der Waals surface area contributed by atoms with Crippen molar-refractivity contribution in [2.24, 2.45) is 0 Å². The maximum Gasteiger partial charge on any atom is 0.437 e. The van der Waals surface area contributed by atoms with Crippen molar-refractivity contribution < 1.29 is 22.4 Å². The summed E-state index contributed by atoms with van der Waals surface area (Å²) in [6.07, 6.45) is -3.31. The summed E-state index contributed by atoms with van der Waals surface area (Å²) in [5.74, 6) is -1.84. The second-order valence-corrected chi connectivity index (χ2v) is 5.23. The molecule has 1 aromatic heterocycles. The van der Waals surface area contributed by atoms with Gasteiger partial charge in [0.05, 0.1) is 0 Å². The van der Waals surface area contributed by atoms with E-state index in [4.69, 9.17) is 0 Å². The topological polar surface area (TPSA) is 58.4 Å². The minimum Gasteiger partial charge on any atom is -0.438 e. The monoisotopic (exact) mass is 327 g/mol. The molecule has 1 aromatic carbocycles. The number of likely N-dealkylation sites (N-methyl/N-ethyl adjacent to an activating group) is 1. The molecule has 23 heavy (non-hydrogen) atoms. The van der Waals surface area contributed by atoms with Crippen LogP contribution in [0.3, 0.4) is 0 Å². The predicted octanol–water partition coefficient (Wildman–Crippen LogP) is 3.05. The molecule has 0 saturated heterocycles.